The maximum absolute atomic E-state index is 12.5. The van der Waals surface area contributed by atoms with Gasteiger partial charge in [-0.15, -0.1) is 0 Å². The lowest BCUT2D eigenvalue weighted by Gasteiger charge is -2.28. The number of nitrogens with one attached hydrogen (secondary N) is 2. The van der Waals surface area contributed by atoms with Crippen LogP contribution in [0.2, 0.25) is 0 Å². The summed E-state index contributed by atoms with van der Waals surface area (Å²) in [5, 5.41) is 5.91. The minimum absolute atomic E-state index is 0.0242. The summed E-state index contributed by atoms with van der Waals surface area (Å²) in [5.41, 5.74) is 0.605. The zero-order valence-corrected chi connectivity index (χ0v) is 14.2. The van der Waals surface area contributed by atoms with Crippen molar-refractivity contribution in [1.29, 1.82) is 0 Å². The van der Waals surface area contributed by atoms with Crippen molar-refractivity contribution in [3.8, 4) is 11.5 Å². The smallest absolute Gasteiger partial charge is 0.253 e. The maximum atomic E-state index is 12.5. The molecular weight excluding hydrogens is 326 g/mol. The van der Waals surface area contributed by atoms with Crippen LogP contribution in [0.5, 0.6) is 11.5 Å². The Labute approximate surface area is 146 Å². The standard InChI is InChI=1S/C17H23N3O5/c1-2-20(17(22)15-10-18-5-6-23-15)11-16(21)19-12-3-4-13-14(9-12)25-8-7-24-13/h3-4,9,15,18H,2,5-8,10-11H2,1H3,(H,19,21). The lowest BCUT2D eigenvalue weighted by Crippen LogP contribution is -2.50. The molecule has 3 rings (SSSR count). The third-order valence-corrected chi connectivity index (χ3v) is 4.06. The fourth-order valence-electron chi connectivity index (χ4n) is 2.77. The summed E-state index contributed by atoms with van der Waals surface area (Å²) in [5.74, 6) is 0.827. The summed E-state index contributed by atoms with van der Waals surface area (Å²) in [6.07, 6.45) is -0.532. The van der Waals surface area contributed by atoms with Gasteiger partial charge in [-0.25, -0.2) is 0 Å². The number of likely N-dealkylation sites (N-methyl/N-ethyl adjacent to an activating group) is 1. The van der Waals surface area contributed by atoms with Crippen molar-refractivity contribution in [2.24, 2.45) is 0 Å². The largest absolute Gasteiger partial charge is 0.486 e. The summed E-state index contributed by atoms with van der Waals surface area (Å²) in [7, 11) is 0. The van der Waals surface area contributed by atoms with Crippen molar-refractivity contribution < 1.29 is 23.8 Å². The van der Waals surface area contributed by atoms with Crippen LogP contribution >= 0.6 is 0 Å². The van der Waals surface area contributed by atoms with Gasteiger partial charge in [0.15, 0.2) is 11.5 Å². The van der Waals surface area contributed by atoms with E-state index in [4.69, 9.17) is 14.2 Å². The van der Waals surface area contributed by atoms with E-state index in [9.17, 15) is 9.59 Å². The summed E-state index contributed by atoms with van der Waals surface area (Å²) in [6.45, 7) is 4.96. The van der Waals surface area contributed by atoms with Crippen molar-refractivity contribution in [2.75, 3.05) is 51.3 Å². The van der Waals surface area contributed by atoms with E-state index in [-0.39, 0.29) is 18.4 Å². The number of nitrogens with zero attached hydrogens (tertiary/aromatic N) is 1. The molecule has 0 bridgehead atoms. The number of amides is 2. The molecule has 1 fully saturated rings. The van der Waals surface area contributed by atoms with Gasteiger partial charge in [0.25, 0.3) is 5.91 Å². The van der Waals surface area contributed by atoms with Crippen LogP contribution in [0.25, 0.3) is 0 Å². The summed E-state index contributed by atoms with van der Waals surface area (Å²) in [6, 6.07) is 5.23. The molecule has 8 heteroatoms. The van der Waals surface area contributed by atoms with Crippen molar-refractivity contribution in [3.63, 3.8) is 0 Å². The molecule has 0 aromatic heterocycles. The van der Waals surface area contributed by atoms with E-state index in [0.29, 0.717) is 50.1 Å². The van der Waals surface area contributed by atoms with Crippen LogP contribution < -0.4 is 20.1 Å². The van der Waals surface area contributed by atoms with Crippen molar-refractivity contribution >= 4 is 17.5 Å². The molecule has 0 saturated carbocycles. The van der Waals surface area contributed by atoms with E-state index in [2.05, 4.69) is 10.6 Å². The molecule has 2 N–H and O–H groups in total. The Hall–Kier alpha value is -2.32. The normalized spacial score (nSPS) is 19.2. The average Bonchev–Trinajstić information content (AvgIpc) is 2.66. The first-order valence-corrected chi connectivity index (χ1v) is 8.48. The predicted octanol–water partition coefficient (Wildman–Crippen LogP) is 0.233. The Morgan fingerprint density at radius 1 is 1.24 bits per heavy atom. The highest BCUT2D eigenvalue weighted by atomic mass is 16.6. The van der Waals surface area contributed by atoms with E-state index in [1.165, 1.54) is 4.90 Å². The van der Waals surface area contributed by atoms with Crippen LogP contribution in [0.4, 0.5) is 5.69 Å². The molecule has 0 radical (unpaired) electrons. The van der Waals surface area contributed by atoms with Crippen molar-refractivity contribution in [3.05, 3.63) is 18.2 Å². The second-order valence-corrected chi connectivity index (χ2v) is 5.82. The topological polar surface area (TPSA) is 89.1 Å². The van der Waals surface area contributed by atoms with Crippen LogP contribution in [0.1, 0.15) is 6.92 Å². The van der Waals surface area contributed by atoms with E-state index in [1.807, 2.05) is 6.92 Å². The lowest BCUT2D eigenvalue weighted by atomic mass is 10.2. The highest BCUT2D eigenvalue weighted by Gasteiger charge is 2.27. The van der Waals surface area contributed by atoms with Gasteiger partial charge in [0.05, 0.1) is 13.2 Å². The van der Waals surface area contributed by atoms with Gasteiger partial charge in [0.2, 0.25) is 5.91 Å². The van der Waals surface area contributed by atoms with Crippen LogP contribution in [-0.2, 0) is 14.3 Å². The molecule has 2 heterocycles. The van der Waals surface area contributed by atoms with E-state index < -0.39 is 6.10 Å². The summed E-state index contributed by atoms with van der Waals surface area (Å²) >= 11 is 0. The highest BCUT2D eigenvalue weighted by Crippen LogP contribution is 2.32. The molecule has 1 aromatic rings. The third kappa shape index (κ3) is 4.40. The summed E-state index contributed by atoms with van der Waals surface area (Å²) < 4.78 is 16.4. The molecule has 1 unspecified atom stereocenters. The fraction of sp³-hybridized carbons (Fsp3) is 0.529. The molecular formula is C17H23N3O5. The third-order valence-electron chi connectivity index (χ3n) is 4.06. The first-order valence-electron chi connectivity index (χ1n) is 8.48. The van der Waals surface area contributed by atoms with Crippen LogP contribution in [-0.4, -0.2) is 68.8 Å². The van der Waals surface area contributed by atoms with E-state index in [0.717, 1.165) is 6.54 Å². The molecule has 2 amide bonds. The minimum Gasteiger partial charge on any atom is -0.486 e. The Morgan fingerprint density at radius 3 is 2.76 bits per heavy atom. The van der Waals surface area contributed by atoms with Crippen molar-refractivity contribution in [2.45, 2.75) is 13.0 Å². The van der Waals surface area contributed by atoms with E-state index >= 15 is 0 Å². The van der Waals surface area contributed by atoms with Gasteiger partial charge in [-0.1, -0.05) is 0 Å². The Kier molecular flexibility index (Phi) is 5.72. The molecule has 136 valence electrons. The molecule has 1 aromatic carbocycles. The quantitative estimate of drug-likeness (QED) is 0.791. The summed E-state index contributed by atoms with van der Waals surface area (Å²) in [4.78, 5) is 26.2. The number of carbonyl (C=O) groups excluding carboxylic acids is 2. The van der Waals surface area contributed by atoms with Crippen LogP contribution in [0.3, 0.4) is 0 Å². The second kappa shape index (κ2) is 8.17. The number of morpholine rings is 1. The van der Waals surface area contributed by atoms with Gasteiger partial charge in [0, 0.05) is 31.4 Å². The number of benzene rings is 1. The average molecular weight is 349 g/mol. The van der Waals surface area contributed by atoms with E-state index in [1.54, 1.807) is 18.2 Å². The molecule has 1 atom stereocenters. The SMILES string of the molecule is CCN(CC(=O)Nc1ccc2c(c1)OCCO2)C(=O)C1CNCCO1. The van der Waals surface area contributed by atoms with Gasteiger partial charge in [-0.05, 0) is 19.1 Å². The number of carbonyl (C=O) groups is 2. The van der Waals surface area contributed by atoms with Gasteiger partial charge < -0.3 is 29.7 Å². The fourth-order valence-corrected chi connectivity index (χ4v) is 2.77. The van der Waals surface area contributed by atoms with Gasteiger partial charge >= 0.3 is 0 Å². The monoisotopic (exact) mass is 349 g/mol. The minimum atomic E-state index is -0.532. The van der Waals surface area contributed by atoms with Gasteiger partial charge in [0.1, 0.15) is 19.3 Å². The number of ether oxygens (including phenoxy) is 3. The van der Waals surface area contributed by atoms with Crippen LogP contribution in [0.15, 0.2) is 18.2 Å². The second-order valence-electron chi connectivity index (χ2n) is 5.82. The van der Waals surface area contributed by atoms with Crippen molar-refractivity contribution in [1.82, 2.24) is 10.2 Å². The number of rotatable bonds is 5. The first-order chi connectivity index (χ1) is 12.2. The van der Waals surface area contributed by atoms with Gasteiger partial charge in [-0.3, -0.25) is 9.59 Å². The molecule has 2 aliphatic heterocycles. The zero-order valence-electron chi connectivity index (χ0n) is 14.2. The molecule has 2 aliphatic rings. The van der Waals surface area contributed by atoms with Crippen LogP contribution in [0, 0.1) is 0 Å². The molecule has 0 aliphatic carbocycles. The number of hydrogen-bond donors (Lipinski definition) is 2. The molecule has 25 heavy (non-hydrogen) atoms. The highest BCUT2D eigenvalue weighted by molar-refractivity contribution is 5.95. The Morgan fingerprint density at radius 2 is 2.04 bits per heavy atom. The lowest BCUT2D eigenvalue weighted by molar-refractivity contribution is -0.146. The number of hydrogen-bond acceptors (Lipinski definition) is 6. The maximum Gasteiger partial charge on any atom is 0.253 e. The Bertz CT molecular complexity index is 631. The molecule has 0 spiro atoms. The molecule has 1 saturated heterocycles. The predicted molar refractivity (Wildman–Crippen MR) is 90.9 cm³/mol. The first kappa shape index (κ1) is 17.5. The Balaban J connectivity index is 1.57. The molecule has 8 nitrogen and oxygen atoms in total. The number of fused-ring (bicyclic) bond motifs is 1. The number of anilines is 1. The van der Waals surface area contributed by atoms with Gasteiger partial charge in [-0.2, -0.15) is 0 Å². The zero-order chi connectivity index (χ0) is 17.6.